The smallest absolute Gasteiger partial charge is 1.00 e. The molecule has 0 saturated carbocycles. The molecule has 0 heterocycles. The first-order valence-corrected chi connectivity index (χ1v) is 0. The quantitative estimate of drug-likeness (QED) is 0.384. The van der Waals surface area contributed by atoms with Gasteiger partial charge in [-0.1, -0.05) is 0 Å². The molecule has 0 fully saturated rings. The fourth-order valence-corrected chi connectivity index (χ4v) is 0. The van der Waals surface area contributed by atoms with Crippen LogP contribution in [0.3, 0.4) is 0 Å². The molecule has 0 aromatic heterocycles. The minimum absolute atomic E-state index is 0. The third-order valence-electron chi connectivity index (χ3n) is 0. The van der Waals surface area contributed by atoms with E-state index in [2.05, 4.69) is 0 Å². The Balaban J connectivity index is 0. The maximum Gasteiger partial charge on any atom is 2.00 e. The van der Waals surface area contributed by atoms with E-state index in [9.17, 15) is 0 Å². The van der Waals surface area contributed by atoms with Crippen LogP contribution in [0.5, 0.6) is 0 Å². The second kappa shape index (κ2) is 39.9. The minimum Gasteiger partial charge on any atom is -1.00 e. The first-order chi connectivity index (χ1) is 0. The first kappa shape index (κ1) is 57.6. The van der Waals surface area contributed by atoms with Crippen molar-refractivity contribution in [2.45, 2.75) is 0 Å². The Morgan fingerprint density at radius 2 is 0.833 bits per heavy atom. The zero-order valence-electron chi connectivity index (χ0n) is 9.62. The Hall–Kier alpha value is 3.39. The number of hydrogen-bond acceptors (Lipinski definition) is 0. The van der Waals surface area contributed by atoms with E-state index in [0.717, 1.165) is 0 Å². The second-order valence-electron chi connectivity index (χ2n) is 0. The molecule has 3 nitrogen and oxygen atoms in total. The third kappa shape index (κ3) is 26.3. The largest absolute Gasteiger partial charge is 2.00 e. The summed E-state index contributed by atoms with van der Waals surface area (Å²) in [4.78, 5) is 0. The molecule has 6 heteroatoms. The van der Waals surface area contributed by atoms with E-state index in [0.29, 0.717) is 0 Å². The third-order valence-corrected chi connectivity index (χ3v) is 0. The van der Waals surface area contributed by atoms with E-state index < -0.39 is 0 Å². The van der Waals surface area contributed by atoms with E-state index in [1.165, 1.54) is 0 Å². The summed E-state index contributed by atoms with van der Waals surface area (Å²) in [6, 6.07) is 0. The summed E-state index contributed by atoms with van der Waals surface area (Å²) in [6.07, 6.45) is 0. The SMILES string of the molecule is O.O.O.[Ca+2].[H-].[H-].[H-].[H-].[H-].[H-].[Mg+2].[Sr+2]. The van der Waals surface area contributed by atoms with Crippen molar-refractivity contribution >= 4 is 106 Å². The van der Waals surface area contributed by atoms with Crippen molar-refractivity contribution < 1.29 is 25.0 Å². The van der Waals surface area contributed by atoms with Gasteiger partial charge in [0.25, 0.3) is 0 Å². The molecule has 0 amide bonds. The second-order valence-corrected chi connectivity index (χ2v) is 0. The monoisotopic (exact) mass is 212 g/mol. The van der Waals surface area contributed by atoms with Crippen LogP contribution in [0.1, 0.15) is 8.56 Å². The van der Waals surface area contributed by atoms with Gasteiger partial charge in [0.15, 0.2) is 0 Å². The van der Waals surface area contributed by atoms with Crippen LogP contribution in [0.15, 0.2) is 0 Å². The van der Waals surface area contributed by atoms with Crippen LogP contribution in [0.25, 0.3) is 0 Å². The van der Waals surface area contributed by atoms with Crippen molar-refractivity contribution in [3.63, 3.8) is 0 Å². The van der Waals surface area contributed by atoms with Gasteiger partial charge < -0.3 is 25.0 Å². The van der Waals surface area contributed by atoms with Gasteiger partial charge in [-0.05, 0) is 0 Å². The summed E-state index contributed by atoms with van der Waals surface area (Å²) in [5.41, 5.74) is 0. The zero-order chi connectivity index (χ0) is 0. The Bertz CT molecular complexity index is 22.8. The molecule has 6 N–H and O–H groups in total. The van der Waals surface area contributed by atoms with Crippen molar-refractivity contribution in [2.24, 2.45) is 0 Å². The van der Waals surface area contributed by atoms with E-state index in [1.807, 2.05) is 0 Å². The number of hydrogen-bond donors (Lipinski definition) is 0. The van der Waals surface area contributed by atoms with Gasteiger partial charge in [-0.25, -0.2) is 0 Å². The van der Waals surface area contributed by atoms with Gasteiger partial charge in [-0.3, -0.25) is 0 Å². The fourth-order valence-electron chi connectivity index (χ4n) is 0. The van der Waals surface area contributed by atoms with Crippen LogP contribution < -0.4 is 0 Å². The maximum absolute atomic E-state index is 0. The van der Waals surface area contributed by atoms with Crippen LogP contribution >= 0.6 is 0 Å². The summed E-state index contributed by atoms with van der Waals surface area (Å²) in [7, 11) is 0. The Labute approximate surface area is 128 Å². The summed E-state index contributed by atoms with van der Waals surface area (Å²) < 4.78 is 0. The average Bonchev–Trinajstić information content (AvgIpc) is 0. The molecule has 0 spiro atoms. The molecule has 0 saturated heterocycles. The Morgan fingerprint density at radius 1 is 0.833 bits per heavy atom. The molecule has 0 aliphatic heterocycles. The predicted octanol–water partition coefficient (Wildman–Crippen LogP) is -2.94. The molecule has 0 aliphatic carbocycles. The summed E-state index contributed by atoms with van der Waals surface area (Å²) in [6.45, 7) is 0. The molecule has 0 bridgehead atoms. The summed E-state index contributed by atoms with van der Waals surface area (Å²) in [5, 5.41) is 0. The molecular formula is H12CaMgO3Sr. The topological polar surface area (TPSA) is 94.5 Å². The molecule has 0 aromatic rings. The maximum atomic E-state index is 0. The van der Waals surface area contributed by atoms with E-state index in [4.69, 9.17) is 0 Å². The van der Waals surface area contributed by atoms with Crippen LogP contribution in [-0.4, -0.2) is 123 Å². The fraction of sp³-hybridized carbons (Fsp3) is 0. The Kier molecular flexibility index (Phi) is 383. The van der Waals surface area contributed by atoms with Gasteiger partial charge in [0, 0.05) is 0 Å². The van der Waals surface area contributed by atoms with Crippen LogP contribution in [0.2, 0.25) is 0 Å². The molecule has 6 heavy (non-hydrogen) atoms. The van der Waals surface area contributed by atoms with Crippen molar-refractivity contribution in [1.29, 1.82) is 0 Å². The van der Waals surface area contributed by atoms with Gasteiger partial charge in [0.05, 0.1) is 0 Å². The molecule has 0 rings (SSSR count). The summed E-state index contributed by atoms with van der Waals surface area (Å²) in [5.74, 6) is 0. The van der Waals surface area contributed by atoms with Gasteiger partial charge in [0.1, 0.15) is 0 Å². The van der Waals surface area contributed by atoms with Crippen molar-refractivity contribution in [3.8, 4) is 0 Å². The molecule has 0 atom stereocenters. The van der Waals surface area contributed by atoms with Crippen LogP contribution in [0.4, 0.5) is 0 Å². The Morgan fingerprint density at radius 3 is 0.833 bits per heavy atom. The predicted molar refractivity (Wildman–Crippen MR) is 34.8 cm³/mol. The zero-order valence-corrected chi connectivity index (χ0v) is 10.7. The molecular weight excluding hydrogens is 200 g/mol. The normalized spacial score (nSPS) is 0. The van der Waals surface area contributed by atoms with Crippen molar-refractivity contribution in [1.82, 2.24) is 0 Å². The van der Waals surface area contributed by atoms with Crippen molar-refractivity contribution in [3.05, 3.63) is 0 Å². The van der Waals surface area contributed by atoms with E-state index in [-0.39, 0.29) is 131 Å². The van der Waals surface area contributed by atoms with Gasteiger partial charge in [-0.2, -0.15) is 0 Å². The molecule has 0 radical (unpaired) electrons. The summed E-state index contributed by atoms with van der Waals surface area (Å²) >= 11 is 0. The van der Waals surface area contributed by atoms with Crippen molar-refractivity contribution in [2.75, 3.05) is 0 Å². The van der Waals surface area contributed by atoms with Crippen LogP contribution in [-0.2, 0) is 0 Å². The standard InChI is InChI=1S/Ca.Mg.3H2O.Sr.6H/h;;3*1H2;;;;;;;/q2*+2;;;;+2;6*-1. The van der Waals surface area contributed by atoms with E-state index >= 15 is 0 Å². The van der Waals surface area contributed by atoms with Gasteiger partial charge >= 0.3 is 106 Å². The molecule has 36 valence electrons. The van der Waals surface area contributed by atoms with E-state index in [1.54, 1.807) is 0 Å². The first-order valence-electron chi connectivity index (χ1n) is 0. The van der Waals surface area contributed by atoms with Gasteiger partial charge in [0.2, 0.25) is 0 Å². The van der Waals surface area contributed by atoms with Gasteiger partial charge in [-0.15, -0.1) is 0 Å². The molecule has 0 aliphatic rings. The average molecular weight is 212 g/mol. The minimum atomic E-state index is 0. The molecule has 0 unspecified atom stereocenters. The number of rotatable bonds is 0. The van der Waals surface area contributed by atoms with Crippen LogP contribution in [0, 0.1) is 0 Å². The molecule has 0 aromatic carbocycles.